The van der Waals surface area contributed by atoms with Gasteiger partial charge < -0.3 is 9.47 Å². The highest BCUT2D eigenvalue weighted by atomic mass is 16.5. The van der Waals surface area contributed by atoms with E-state index in [4.69, 9.17) is 9.47 Å². The lowest BCUT2D eigenvalue weighted by molar-refractivity contribution is -0.162. The number of allylic oxidation sites excluding steroid dienone is 5. The second-order valence-electron chi connectivity index (χ2n) is 9.90. The first-order chi connectivity index (χ1) is 14.1. The normalized spacial score (nSPS) is 39.4. The van der Waals surface area contributed by atoms with Crippen molar-refractivity contribution in [3.63, 3.8) is 0 Å². The number of carbonyl (C=O) groups excluding carboxylic acids is 3. The summed E-state index contributed by atoms with van der Waals surface area (Å²) in [5.74, 6) is 0.880. The summed E-state index contributed by atoms with van der Waals surface area (Å²) in [4.78, 5) is 35.9. The van der Waals surface area contributed by atoms with Gasteiger partial charge in [0.15, 0.2) is 0 Å². The zero-order valence-electron chi connectivity index (χ0n) is 18.6. The van der Waals surface area contributed by atoms with Gasteiger partial charge >= 0.3 is 11.9 Å². The van der Waals surface area contributed by atoms with Gasteiger partial charge in [-0.05, 0) is 61.5 Å². The Kier molecular flexibility index (Phi) is 5.06. The van der Waals surface area contributed by atoms with Crippen molar-refractivity contribution in [3.8, 4) is 0 Å². The molecule has 0 amide bonds. The maximum atomic E-state index is 12.5. The Morgan fingerprint density at radius 3 is 2.40 bits per heavy atom. The third-order valence-electron chi connectivity index (χ3n) is 8.29. The Labute approximate surface area is 178 Å². The number of ketones is 1. The van der Waals surface area contributed by atoms with Crippen LogP contribution in [-0.2, 0) is 23.9 Å². The van der Waals surface area contributed by atoms with Crippen molar-refractivity contribution >= 4 is 17.7 Å². The number of esters is 2. The minimum absolute atomic E-state index is 0.0680. The lowest BCUT2D eigenvalue weighted by atomic mass is 9.48. The first kappa shape index (κ1) is 21.1. The van der Waals surface area contributed by atoms with Gasteiger partial charge in [0.2, 0.25) is 0 Å². The molecule has 0 aliphatic heterocycles. The number of fused-ring (bicyclic) bond motifs is 5. The Morgan fingerprint density at radius 2 is 1.77 bits per heavy atom. The third-order valence-corrected chi connectivity index (χ3v) is 8.29. The van der Waals surface area contributed by atoms with Crippen LogP contribution in [0.25, 0.3) is 0 Å². The van der Waals surface area contributed by atoms with Crippen LogP contribution in [0.2, 0.25) is 0 Å². The lowest BCUT2D eigenvalue weighted by Gasteiger charge is -2.57. The molecule has 0 aromatic heterocycles. The number of hydrogen-bond donors (Lipinski definition) is 0. The molecule has 30 heavy (non-hydrogen) atoms. The zero-order chi connectivity index (χ0) is 21.8. The van der Waals surface area contributed by atoms with Crippen molar-refractivity contribution in [3.05, 3.63) is 35.1 Å². The Hall–Kier alpha value is -2.17. The molecule has 0 aromatic rings. The molecule has 162 valence electrons. The largest absolute Gasteiger partial charge is 0.462 e. The fourth-order valence-corrected chi connectivity index (χ4v) is 6.83. The molecule has 5 nitrogen and oxygen atoms in total. The van der Waals surface area contributed by atoms with E-state index in [0.717, 1.165) is 37.9 Å². The van der Waals surface area contributed by atoms with Gasteiger partial charge in [0.1, 0.15) is 17.6 Å². The van der Waals surface area contributed by atoms with E-state index in [2.05, 4.69) is 26.0 Å². The average Bonchev–Trinajstić information content (AvgIpc) is 3.01. The number of ether oxygens (including phenoxy) is 2. The predicted octanol–water partition coefficient (Wildman–Crippen LogP) is 4.67. The number of Topliss-reactive ketones (excluding diaryl/α,β-unsaturated/α-hetero) is 1. The zero-order valence-corrected chi connectivity index (χ0v) is 18.6. The smallest absolute Gasteiger partial charge is 0.307 e. The summed E-state index contributed by atoms with van der Waals surface area (Å²) in [5.41, 5.74) is 2.03. The van der Waals surface area contributed by atoms with E-state index >= 15 is 0 Å². The van der Waals surface area contributed by atoms with Crippen molar-refractivity contribution < 1.29 is 23.9 Å². The van der Waals surface area contributed by atoms with Crippen molar-refractivity contribution in [1.82, 2.24) is 0 Å². The van der Waals surface area contributed by atoms with Crippen molar-refractivity contribution in [2.75, 3.05) is 0 Å². The van der Waals surface area contributed by atoms with Crippen LogP contribution in [-0.4, -0.2) is 23.8 Å². The van der Waals surface area contributed by atoms with E-state index in [9.17, 15) is 14.4 Å². The van der Waals surface area contributed by atoms with Crippen LogP contribution in [0.5, 0.6) is 0 Å². The van der Waals surface area contributed by atoms with Crippen LogP contribution in [0.3, 0.4) is 0 Å². The van der Waals surface area contributed by atoms with Gasteiger partial charge in [0.25, 0.3) is 0 Å². The second-order valence-corrected chi connectivity index (χ2v) is 9.90. The first-order valence-corrected chi connectivity index (χ1v) is 11.0. The molecule has 0 aromatic carbocycles. The minimum atomic E-state index is -0.423. The molecular formula is C25H32O5. The summed E-state index contributed by atoms with van der Waals surface area (Å²) in [5, 5.41) is 0. The summed E-state index contributed by atoms with van der Waals surface area (Å²) >= 11 is 0. The van der Waals surface area contributed by atoms with E-state index in [1.165, 1.54) is 25.0 Å². The van der Waals surface area contributed by atoms with E-state index in [1.807, 2.05) is 6.08 Å². The van der Waals surface area contributed by atoms with E-state index in [-0.39, 0.29) is 35.2 Å². The minimum Gasteiger partial charge on any atom is -0.462 e. The fraction of sp³-hybridized carbons (Fsp3) is 0.640. The highest BCUT2D eigenvalue weighted by Crippen LogP contribution is 2.64. The summed E-state index contributed by atoms with van der Waals surface area (Å²) in [6.45, 7) is 8.97. The molecule has 0 N–H and O–H groups in total. The van der Waals surface area contributed by atoms with E-state index in [1.54, 1.807) is 6.92 Å². The van der Waals surface area contributed by atoms with Crippen molar-refractivity contribution in [2.24, 2.45) is 28.6 Å². The summed E-state index contributed by atoms with van der Waals surface area (Å²) in [6, 6.07) is 0. The van der Waals surface area contributed by atoms with E-state index in [0.29, 0.717) is 11.8 Å². The number of hydrogen-bond acceptors (Lipinski definition) is 5. The molecule has 1 saturated carbocycles. The monoisotopic (exact) mass is 412 g/mol. The van der Waals surface area contributed by atoms with Gasteiger partial charge in [0.05, 0.1) is 0 Å². The second kappa shape index (κ2) is 7.21. The fourth-order valence-electron chi connectivity index (χ4n) is 6.83. The van der Waals surface area contributed by atoms with Crippen LogP contribution in [0.1, 0.15) is 66.7 Å². The van der Waals surface area contributed by atoms with Gasteiger partial charge in [-0.1, -0.05) is 31.6 Å². The molecule has 0 saturated heterocycles. The molecular weight excluding hydrogens is 380 g/mol. The van der Waals surface area contributed by atoms with Crippen LogP contribution < -0.4 is 0 Å². The van der Waals surface area contributed by atoms with Crippen LogP contribution >= 0.6 is 0 Å². The molecule has 6 atom stereocenters. The maximum absolute atomic E-state index is 12.5. The standard InChI is InChI=1S/C25H32O5/c1-14(26)20-8-9-21-19-7-6-17-12-18(29-15(2)27)10-11-24(17,4)22(19)13-23(25(20,21)5)30-16(3)28/h6,9,12,19-20,22-23H,7-8,10-11,13H2,1-5H3/t19-,20+,22-,23?,24-,25+/m0/s1. The molecule has 0 spiro atoms. The van der Waals surface area contributed by atoms with Gasteiger partial charge in [-0.25, -0.2) is 0 Å². The van der Waals surface area contributed by atoms with Crippen molar-refractivity contribution in [2.45, 2.75) is 72.8 Å². The highest BCUT2D eigenvalue weighted by Gasteiger charge is 2.61. The van der Waals surface area contributed by atoms with Gasteiger partial charge in [-0.3, -0.25) is 14.4 Å². The summed E-state index contributed by atoms with van der Waals surface area (Å²) in [6.07, 6.45) is 10.3. The molecule has 0 radical (unpaired) electrons. The molecule has 1 fully saturated rings. The topological polar surface area (TPSA) is 69.7 Å². The molecule has 4 rings (SSSR count). The molecule has 5 heteroatoms. The maximum Gasteiger partial charge on any atom is 0.307 e. The molecule has 4 aliphatic carbocycles. The SMILES string of the molecule is CC(=O)OC1=CC2=CC[C@H]3C4=CC[C@H](C(C)=O)[C@@]4(C)C(OC(C)=O)C[C@@H]3[C@@]2(C)CC1. The molecule has 0 heterocycles. The molecule has 1 unspecified atom stereocenters. The first-order valence-electron chi connectivity index (χ1n) is 11.0. The third kappa shape index (κ3) is 3.09. The van der Waals surface area contributed by atoms with Crippen LogP contribution in [0, 0.1) is 28.6 Å². The highest BCUT2D eigenvalue weighted by molar-refractivity contribution is 5.81. The van der Waals surface area contributed by atoms with Crippen LogP contribution in [0.4, 0.5) is 0 Å². The Morgan fingerprint density at radius 1 is 1.03 bits per heavy atom. The van der Waals surface area contributed by atoms with E-state index < -0.39 is 5.41 Å². The van der Waals surface area contributed by atoms with Crippen molar-refractivity contribution in [1.29, 1.82) is 0 Å². The molecule has 0 bridgehead atoms. The number of carbonyl (C=O) groups is 3. The summed E-state index contributed by atoms with van der Waals surface area (Å²) in [7, 11) is 0. The molecule has 4 aliphatic rings. The Balaban J connectivity index is 1.74. The predicted molar refractivity (Wildman–Crippen MR) is 112 cm³/mol. The number of rotatable bonds is 3. The van der Waals surface area contributed by atoms with Gasteiger partial charge in [-0.2, -0.15) is 0 Å². The average molecular weight is 413 g/mol. The van der Waals surface area contributed by atoms with Crippen LogP contribution in [0.15, 0.2) is 35.1 Å². The van der Waals surface area contributed by atoms with Gasteiger partial charge in [-0.15, -0.1) is 0 Å². The Bertz CT molecular complexity index is 893. The van der Waals surface area contributed by atoms with Gasteiger partial charge in [0, 0.05) is 31.6 Å². The lowest BCUT2D eigenvalue weighted by Crippen LogP contribution is -2.54. The quantitative estimate of drug-likeness (QED) is 0.497. The summed E-state index contributed by atoms with van der Waals surface area (Å²) < 4.78 is 11.3.